The number of hydrogen-bond acceptors (Lipinski definition) is 5. The lowest BCUT2D eigenvalue weighted by molar-refractivity contribution is 0.115. The number of piperazine rings is 1. The molecule has 1 aromatic heterocycles. The fourth-order valence-electron chi connectivity index (χ4n) is 2.90. The van der Waals surface area contributed by atoms with Crippen LogP contribution in [-0.4, -0.2) is 54.2 Å². The number of halogens is 1. The molecule has 0 saturated carbocycles. The zero-order chi connectivity index (χ0) is 16.5. The maximum absolute atomic E-state index is 13.0. The van der Waals surface area contributed by atoms with Crippen LogP contribution in [0.2, 0.25) is 0 Å². The Balaban J connectivity index is 0.00000182. The van der Waals surface area contributed by atoms with Crippen LogP contribution in [-0.2, 0) is 0 Å². The molecule has 2 aromatic rings. The van der Waals surface area contributed by atoms with Crippen molar-refractivity contribution in [2.75, 3.05) is 38.1 Å². The van der Waals surface area contributed by atoms with Crippen molar-refractivity contribution in [3.05, 3.63) is 42.6 Å². The number of pyridine rings is 1. The van der Waals surface area contributed by atoms with E-state index in [9.17, 15) is 4.79 Å². The largest absolute Gasteiger partial charge is 0.342 e. The van der Waals surface area contributed by atoms with Crippen LogP contribution in [0.1, 0.15) is 0 Å². The van der Waals surface area contributed by atoms with Gasteiger partial charge in [-0.05, 0) is 31.3 Å². The minimum atomic E-state index is -0.160. The van der Waals surface area contributed by atoms with Gasteiger partial charge >= 0.3 is 6.03 Å². The van der Waals surface area contributed by atoms with E-state index in [1.54, 1.807) is 22.9 Å². The number of carbonyl (C=O) groups excluding carboxylic acids is 1. The topological polar surface area (TPSA) is 51.7 Å². The van der Waals surface area contributed by atoms with Gasteiger partial charge in [0.15, 0.2) is 5.82 Å². The van der Waals surface area contributed by atoms with E-state index in [1.807, 2.05) is 41.4 Å². The van der Waals surface area contributed by atoms with Gasteiger partial charge in [-0.3, -0.25) is 5.43 Å². The lowest BCUT2D eigenvalue weighted by atomic mass is 10.2. The van der Waals surface area contributed by atoms with Crippen molar-refractivity contribution in [1.29, 1.82) is 0 Å². The zero-order valence-corrected chi connectivity index (χ0v) is 15.5. The Morgan fingerprint density at radius 2 is 1.80 bits per heavy atom. The summed E-state index contributed by atoms with van der Waals surface area (Å²) in [6, 6.07) is 11.7. The van der Waals surface area contributed by atoms with Gasteiger partial charge in [0.25, 0.3) is 0 Å². The number of aromatic nitrogens is 1. The predicted octanol–water partition coefficient (Wildman–Crippen LogP) is 2.98. The van der Waals surface area contributed by atoms with Gasteiger partial charge in [-0.15, -0.1) is 12.4 Å². The molecule has 132 valence electrons. The normalized spacial score (nSPS) is 17.2. The highest BCUT2D eigenvalue weighted by atomic mass is 35.5. The number of hydrazine groups is 1. The molecule has 1 fully saturated rings. The van der Waals surface area contributed by atoms with Crippen molar-refractivity contribution >= 4 is 41.7 Å². The van der Waals surface area contributed by atoms with Crippen molar-refractivity contribution in [3.63, 3.8) is 0 Å². The van der Waals surface area contributed by atoms with Crippen molar-refractivity contribution < 1.29 is 4.79 Å². The van der Waals surface area contributed by atoms with E-state index in [0.29, 0.717) is 5.82 Å². The molecule has 1 N–H and O–H groups in total. The molecule has 0 atom stereocenters. The van der Waals surface area contributed by atoms with Gasteiger partial charge in [0, 0.05) is 37.3 Å². The fourth-order valence-corrected chi connectivity index (χ4v) is 3.93. The molecule has 0 bridgehead atoms. The number of rotatable bonds is 1. The summed E-state index contributed by atoms with van der Waals surface area (Å²) >= 11 is 1.65. The number of nitrogens with one attached hydrogen (secondary N) is 1. The summed E-state index contributed by atoms with van der Waals surface area (Å²) in [7, 11) is 2.09. The second-order valence-electron chi connectivity index (χ2n) is 5.94. The first kappa shape index (κ1) is 18.0. The quantitative estimate of drug-likeness (QED) is 0.828. The summed E-state index contributed by atoms with van der Waals surface area (Å²) in [5, 5.41) is 1.98. The van der Waals surface area contributed by atoms with Crippen LogP contribution in [0.25, 0.3) is 0 Å². The molecule has 0 radical (unpaired) electrons. The standard InChI is InChI=1S/C17H19N5OS.ClH/c1-20-9-11-21(12-10-20)19-17(23)22-13-5-2-3-6-14(13)24-15-7-4-8-18-16(15)22;/h2-8H,9-12H2,1H3,(H,19,23);1H. The molecule has 1 aromatic carbocycles. The number of para-hydroxylation sites is 1. The van der Waals surface area contributed by atoms with Gasteiger partial charge in [0.05, 0.1) is 10.6 Å². The lowest BCUT2D eigenvalue weighted by Gasteiger charge is -2.35. The molecule has 8 heteroatoms. The van der Waals surface area contributed by atoms with Crippen molar-refractivity contribution in [3.8, 4) is 0 Å². The van der Waals surface area contributed by atoms with Crippen LogP contribution in [0.15, 0.2) is 52.4 Å². The Morgan fingerprint density at radius 3 is 2.60 bits per heavy atom. The molecule has 1 saturated heterocycles. The van der Waals surface area contributed by atoms with Crippen LogP contribution < -0.4 is 10.3 Å². The number of anilines is 2. The van der Waals surface area contributed by atoms with Gasteiger partial charge in [-0.25, -0.2) is 19.7 Å². The minimum Gasteiger partial charge on any atom is -0.304 e. The van der Waals surface area contributed by atoms with Crippen LogP contribution in [0, 0.1) is 0 Å². The highest BCUT2D eigenvalue weighted by Crippen LogP contribution is 2.46. The Labute approximate surface area is 157 Å². The van der Waals surface area contributed by atoms with Crippen LogP contribution >= 0.6 is 24.2 Å². The van der Waals surface area contributed by atoms with Crippen molar-refractivity contribution in [2.24, 2.45) is 0 Å². The van der Waals surface area contributed by atoms with E-state index in [4.69, 9.17) is 0 Å². The molecule has 0 unspecified atom stereocenters. The number of benzene rings is 1. The van der Waals surface area contributed by atoms with Crippen molar-refractivity contribution in [2.45, 2.75) is 9.79 Å². The highest BCUT2D eigenvalue weighted by Gasteiger charge is 2.30. The molecule has 25 heavy (non-hydrogen) atoms. The summed E-state index contributed by atoms with van der Waals surface area (Å²) < 4.78 is 0. The first-order chi connectivity index (χ1) is 11.7. The summed E-state index contributed by atoms with van der Waals surface area (Å²) in [5.74, 6) is 0.688. The number of carbonyl (C=O) groups is 1. The molecule has 3 heterocycles. The maximum Gasteiger partial charge on any atom is 0.342 e. The first-order valence-corrected chi connectivity index (χ1v) is 8.80. The average molecular weight is 378 g/mol. The van der Waals surface area contributed by atoms with E-state index >= 15 is 0 Å². The number of amides is 2. The molecular formula is C17H20ClN5OS. The molecule has 4 rings (SSSR count). The summed E-state index contributed by atoms with van der Waals surface area (Å²) in [4.78, 5) is 23.4. The molecule has 2 aliphatic rings. The second kappa shape index (κ2) is 7.61. The third-order valence-electron chi connectivity index (χ3n) is 4.25. The second-order valence-corrected chi connectivity index (χ2v) is 7.02. The molecule has 2 aliphatic heterocycles. The van der Waals surface area contributed by atoms with Gasteiger partial charge < -0.3 is 4.90 Å². The molecule has 2 amide bonds. The van der Waals surface area contributed by atoms with E-state index in [1.165, 1.54) is 0 Å². The molecule has 0 aliphatic carbocycles. The lowest BCUT2D eigenvalue weighted by Crippen LogP contribution is -2.55. The third kappa shape index (κ3) is 3.59. The molecular weight excluding hydrogens is 358 g/mol. The Kier molecular flexibility index (Phi) is 5.48. The number of likely N-dealkylation sites (N-methyl/N-ethyl adjacent to an activating group) is 1. The third-order valence-corrected chi connectivity index (χ3v) is 5.35. The van der Waals surface area contributed by atoms with Crippen LogP contribution in [0.5, 0.6) is 0 Å². The van der Waals surface area contributed by atoms with Gasteiger partial charge in [-0.1, -0.05) is 23.9 Å². The molecule has 0 spiro atoms. The van der Waals surface area contributed by atoms with E-state index < -0.39 is 0 Å². The fraction of sp³-hybridized carbons (Fsp3) is 0.294. The SMILES string of the molecule is CN1CCN(NC(=O)N2c3ccccc3Sc3cccnc32)CC1.Cl. The van der Waals surface area contributed by atoms with E-state index in [2.05, 4.69) is 22.4 Å². The smallest absolute Gasteiger partial charge is 0.304 e. The molecule has 6 nitrogen and oxygen atoms in total. The average Bonchev–Trinajstić information content (AvgIpc) is 2.61. The highest BCUT2D eigenvalue weighted by molar-refractivity contribution is 7.99. The summed E-state index contributed by atoms with van der Waals surface area (Å²) in [6.07, 6.45) is 1.73. The Morgan fingerprint density at radius 1 is 1.08 bits per heavy atom. The zero-order valence-electron chi connectivity index (χ0n) is 13.9. The predicted molar refractivity (Wildman–Crippen MR) is 102 cm³/mol. The Bertz CT molecular complexity index is 721. The van der Waals surface area contributed by atoms with Gasteiger partial charge in [0.2, 0.25) is 0 Å². The number of fused-ring (bicyclic) bond motifs is 2. The maximum atomic E-state index is 13.0. The first-order valence-electron chi connectivity index (χ1n) is 7.98. The van der Waals surface area contributed by atoms with Gasteiger partial charge in [0.1, 0.15) is 0 Å². The summed E-state index contributed by atoms with van der Waals surface area (Å²) in [5.41, 5.74) is 3.91. The van der Waals surface area contributed by atoms with Gasteiger partial charge in [-0.2, -0.15) is 0 Å². The van der Waals surface area contributed by atoms with E-state index in [-0.39, 0.29) is 18.4 Å². The van der Waals surface area contributed by atoms with E-state index in [0.717, 1.165) is 41.7 Å². The van der Waals surface area contributed by atoms with Crippen LogP contribution in [0.4, 0.5) is 16.3 Å². The number of hydrogen-bond donors (Lipinski definition) is 1. The number of nitrogens with zero attached hydrogens (tertiary/aromatic N) is 4. The Hall–Kier alpha value is -1.80. The monoisotopic (exact) mass is 377 g/mol. The summed E-state index contributed by atoms with van der Waals surface area (Å²) in [6.45, 7) is 3.53. The van der Waals surface area contributed by atoms with Crippen LogP contribution in [0.3, 0.4) is 0 Å². The minimum absolute atomic E-state index is 0. The van der Waals surface area contributed by atoms with Crippen molar-refractivity contribution in [1.82, 2.24) is 20.3 Å². The number of urea groups is 1.